The van der Waals surface area contributed by atoms with E-state index in [-0.39, 0.29) is 23.8 Å². The number of nitrogens with zero attached hydrogens (tertiary/aromatic N) is 1. The molecule has 2 N–H and O–H groups in total. The predicted molar refractivity (Wildman–Crippen MR) is 160 cm³/mol. The third-order valence-corrected chi connectivity index (χ3v) is 7.31. The summed E-state index contributed by atoms with van der Waals surface area (Å²) in [6, 6.07) is 13.2. The number of amides is 3. The van der Waals surface area contributed by atoms with Crippen molar-refractivity contribution in [3.8, 4) is 0 Å². The molecule has 0 bridgehead atoms. The Bertz CT molecular complexity index is 1190. The Kier molecular flexibility index (Phi) is 10.2. The van der Waals surface area contributed by atoms with Crippen LogP contribution in [0.5, 0.6) is 0 Å². The van der Waals surface area contributed by atoms with Gasteiger partial charge in [-0.25, -0.2) is 4.79 Å². The lowest BCUT2D eigenvalue weighted by molar-refractivity contribution is -0.141. The number of rotatable bonds is 11. The highest BCUT2D eigenvalue weighted by Gasteiger charge is 2.48. The Balaban J connectivity index is 2.04. The molecular weight excluding hydrogens is 510 g/mol. The first-order valence-electron chi connectivity index (χ1n) is 13.3. The fourth-order valence-electron chi connectivity index (χ4n) is 4.50. The number of thioether (sulfide) groups is 1. The van der Waals surface area contributed by atoms with E-state index in [9.17, 15) is 14.4 Å². The van der Waals surface area contributed by atoms with Crippen LogP contribution >= 0.6 is 11.8 Å². The van der Waals surface area contributed by atoms with Gasteiger partial charge in [0.05, 0.1) is 0 Å². The molecule has 4 atom stereocenters. The van der Waals surface area contributed by atoms with Gasteiger partial charge < -0.3 is 20.3 Å². The summed E-state index contributed by atoms with van der Waals surface area (Å²) in [5.41, 5.74) is 2.44. The summed E-state index contributed by atoms with van der Waals surface area (Å²) in [6.07, 6.45) is 4.21. The molecule has 8 heteroatoms. The molecule has 0 heterocycles. The summed E-state index contributed by atoms with van der Waals surface area (Å²) in [5, 5.41) is 5.86. The number of carbonyl (C=O) groups excluding carboxylic acids is 3. The molecule has 1 aliphatic rings. The summed E-state index contributed by atoms with van der Waals surface area (Å²) < 4.78 is 5.47. The van der Waals surface area contributed by atoms with Gasteiger partial charge in [0, 0.05) is 11.7 Å². The van der Waals surface area contributed by atoms with E-state index >= 15 is 0 Å². The summed E-state index contributed by atoms with van der Waals surface area (Å²) in [5.74, 6) is 0.289. The van der Waals surface area contributed by atoms with Gasteiger partial charge in [0.2, 0.25) is 5.91 Å². The average Bonchev–Trinajstić information content (AvgIpc) is 3.60. The summed E-state index contributed by atoms with van der Waals surface area (Å²) in [4.78, 5) is 42.8. The summed E-state index contributed by atoms with van der Waals surface area (Å²) in [6.45, 7) is 13.2. The van der Waals surface area contributed by atoms with Crippen LogP contribution < -0.4 is 10.6 Å². The van der Waals surface area contributed by atoms with E-state index < -0.39 is 23.8 Å². The van der Waals surface area contributed by atoms with E-state index in [4.69, 9.17) is 4.74 Å². The number of alkyl carbamates (subject to hydrolysis) is 1. The Morgan fingerprint density at radius 2 is 1.87 bits per heavy atom. The van der Waals surface area contributed by atoms with Crippen molar-refractivity contribution in [2.45, 2.75) is 71.2 Å². The van der Waals surface area contributed by atoms with Gasteiger partial charge in [0.1, 0.15) is 17.7 Å². The number of benzene rings is 2. The molecule has 0 radical (unpaired) electrons. The highest BCUT2D eigenvalue weighted by atomic mass is 32.2. The molecule has 0 aliphatic heterocycles. The third-order valence-electron chi connectivity index (χ3n) is 6.67. The molecule has 0 aromatic heterocycles. The monoisotopic (exact) mass is 551 g/mol. The zero-order valence-corrected chi connectivity index (χ0v) is 24.6. The first-order chi connectivity index (χ1) is 18.4. The smallest absolute Gasteiger partial charge is 0.408 e. The maximum atomic E-state index is 14.3. The number of nitrogens with one attached hydrogen (secondary N) is 2. The van der Waals surface area contributed by atoms with Gasteiger partial charge in [0.15, 0.2) is 0 Å². The second kappa shape index (κ2) is 13.2. The van der Waals surface area contributed by atoms with E-state index in [1.165, 1.54) is 0 Å². The Morgan fingerprint density at radius 3 is 2.46 bits per heavy atom. The minimum atomic E-state index is -0.899. The van der Waals surface area contributed by atoms with Crippen LogP contribution in [-0.2, 0) is 14.3 Å². The van der Waals surface area contributed by atoms with Crippen molar-refractivity contribution in [1.82, 2.24) is 10.2 Å². The van der Waals surface area contributed by atoms with Gasteiger partial charge in [-0.2, -0.15) is 11.8 Å². The lowest BCUT2D eigenvalue weighted by atomic mass is 9.99. The van der Waals surface area contributed by atoms with Crippen molar-refractivity contribution in [2.75, 3.05) is 17.3 Å². The fraction of sp³-hybridized carbons (Fsp3) is 0.452. The molecule has 0 spiro atoms. The lowest BCUT2D eigenvalue weighted by Gasteiger charge is -2.35. The molecule has 3 amide bonds. The Morgan fingerprint density at radius 1 is 1.18 bits per heavy atom. The largest absolute Gasteiger partial charge is 0.444 e. The van der Waals surface area contributed by atoms with Gasteiger partial charge in [-0.1, -0.05) is 56.0 Å². The van der Waals surface area contributed by atoms with Crippen LogP contribution in [0.3, 0.4) is 0 Å². The van der Waals surface area contributed by atoms with Crippen molar-refractivity contribution in [3.05, 3.63) is 71.8 Å². The van der Waals surface area contributed by atoms with Crippen LogP contribution in [0, 0.1) is 12.8 Å². The summed E-state index contributed by atoms with van der Waals surface area (Å²) in [7, 11) is 0. The molecule has 0 saturated heterocycles. The van der Waals surface area contributed by atoms with Crippen molar-refractivity contribution in [1.29, 1.82) is 0 Å². The molecule has 1 fully saturated rings. The standard InChI is InChI=1S/C31H41N3O4S/c1-8-22-13-11-14-23(19-22)27(28(35)32-24-15-10-9-12-20(24)2)34(26-18-21(26)3)29(36)25(16-17-39-7)33-30(37)38-31(4,5)6/h8-15,19,21,25-27H,1,16-18H2,2-7H3,(H,32,35)(H,33,37). The topological polar surface area (TPSA) is 87.7 Å². The van der Waals surface area contributed by atoms with E-state index in [2.05, 4.69) is 24.1 Å². The number of para-hydroxylation sites is 1. The van der Waals surface area contributed by atoms with Crippen LogP contribution in [0.4, 0.5) is 10.5 Å². The van der Waals surface area contributed by atoms with Crippen molar-refractivity contribution < 1.29 is 19.1 Å². The Labute approximate surface area is 236 Å². The van der Waals surface area contributed by atoms with Gasteiger partial charge in [-0.05, 0) is 87.3 Å². The highest BCUT2D eigenvalue weighted by molar-refractivity contribution is 7.98. The van der Waals surface area contributed by atoms with E-state index in [0.29, 0.717) is 23.4 Å². The Hall–Kier alpha value is -3.26. The van der Waals surface area contributed by atoms with Crippen molar-refractivity contribution in [2.24, 2.45) is 5.92 Å². The van der Waals surface area contributed by atoms with Crippen LogP contribution in [0.25, 0.3) is 6.08 Å². The molecule has 3 rings (SSSR count). The molecule has 4 unspecified atom stereocenters. The lowest BCUT2D eigenvalue weighted by Crippen LogP contribution is -2.53. The average molecular weight is 552 g/mol. The molecule has 2 aromatic rings. The van der Waals surface area contributed by atoms with Crippen LogP contribution in [0.2, 0.25) is 0 Å². The molecule has 7 nitrogen and oxygen atoms in total. The fourth-order valence-corrected chi connectivity index (χ4v) is 4.98. The number of anilines is 1. The maximum absolute atomic E-state index is 14.3. The van der Waals surface area contributed by atoms with Gasteiger partial charge in [0.25, 0.3) is 5.91 Å². The van der Waals surface area contributed by atoms with Crippen molar-refractivity contribution in [3.63, 3.8) is 0 Å². The van der Waals surface area contributed by atoms with E-state index in [1.807, 2.05) is 61.7 Å². The first-order valence-corrected chi connectivity index (χ1v) is 14.7. The number of ether oxygens (including phenoxy) is 1. The summed E-state index contributed by atoms with van der Waals surface area (Å²) >= 11 is 1.59. The zero-order chi connectivity index (χ0) is 28.7. The number of aryl methyl sites for hydroxylation is 1. The molecule has 210 valence electrons. The normalized spacial score (nSPS) is 17.9. The van der Waals surface area contributed by atoms with Crippen LogP contribution in [0.15, 0.2) is 55.1 Å². The van der Waals surface area contributed by atoms with E-state index in [0.717, 1.165) is 17.5 Å². The molecule has 39 heavy (non-hydrogen) atoms. The second-order valence-corrected chi connectivity index (χ2v) is 12.1. The minimum absolute atomic E-state index is 0.130. The van der Waals surface area contributed by atoms with Gasteiger partial charge in [-0.15, -0.1) is 0 Å². The quantitative estimate of drug-likeness (QED) is 0.347. The second-order valence-electron chi connectivity index (χ2n) is 11.1. The third kappa shape index (κ3) is 8.36. The van der Waals surface area contributed by atoms with Gasteiger partial charge >= 0.3 is 6.09 Å². The van der Waals surface area contributed by atoms with Crippen LogP contribution in [-0.4, -0.2) is 52.5 Å². The number of carbonyl (C=O) groups is 3. The molecule has 2 aromatic carbocycles. The first kappa shape index (κ1) is 30.3. The van der Waals surface area contributed by atoms with Crippen LogP contribution in [0.1, 0.15) is 63.3 Å². The molecule has 1 aliphatic carbocycles. The molecular formula is C31H41N3O4S. The predicted octanol–water partition coefficient (Wildman–Crippen LogP) is 6.20. The van der Waals surface area contributed by atoms with Gasteiger partial charge in [-0.3, -0.25) is 9.59 Å². The SMILES string of the molecule is C=Cc1cccc(C(C(=O)Nc2ccccc2C)N(C(=O)C(CCSC)NC(=O)OC(C)(C)C)C2CC2C)c1. The minimum Gasteiger partial charge on any atom is -0.444 e. The maximum Gasteiger partial charge on any atom is 0.408 e. The van der Waals surface area contributed by atoms with Crippen molar-refractivity contribution >= 4 is 41.4 Å². The van der Waals surface area contributed by atoms with E-state index in [1.54, 1.807) is 43.5 Å². The number of hydrogen-bond donors (Lipinski definition) is 2. The molecule has 1 saturated carbocycles. The highest BCUT2D eigenvalue weighted by Crippen LogP contribution is 2.41. The zero-order valence-electron chi connectivity index (χ0n) is 23.8. The number of hydrogen-bond acceptors (Lipinski definition) is 5.